The molecule has 0 saturated carbocycles. The Labute approximate surface area is 322 Å². The summed E-state index contributed by atoms with van der Waals surface area (Å²) in [5.74, 6) is 0. The Kier molecular flexibility index (Phi) is 7.39. The number of nitrogens with zero attached hydrogens (tertiary/aromatic N) is 2. The zero-order valence-electron chi connectivity index (χ0n) is 29.8. The van der Waals surface area contributed by atoms with Crippen LogP contribution in [0.2, 0.25) is 0 Å². The lowest BCUT2D eigenvalue weighted by Crippen LogP contribution is -1.97. The Hall–Kier alpha value is -6.94. The van der Waals surface area contributed by atoms with Gasteiger partial charge in [-0.2, -0.15) is 0 Å². The minimum absolute atomic E-state index is 0.880. The van der Waals surface area contributed by atoms with Crippen LogP contribution in [0.3, 0.4) is 0 Å². The predicted octanol–water partition coefficient (Wildman–Crippen LogP) is 14.6. The van der Waals surface area contributed by atoms with Gasteiger partial charge >= 0.3 is 0 Å². The zero-order valence-corrected chi connectivity index (χ0v) is 30.6. The van der Waals surface area contributed by atoms with E-state index in [9.17, 15) is 0 Å². The van der Waals surface area contributed by atoms with E-state index in [0.29, 0.717) is 0 Å². The van der Waals surface area contributed by atoms with Crippen molar-refractivity contribution in [1.29, 1.82) is 0 Å². The van der Waals surface area contributed by atoms with Gasteiger partial charge in [0.2, 0.25) is 0 Å². The lowest BCUT2D eigenvalue weighted by Gasteiger charge is -2.15. The van der Waals surface area contributed by atoms with Gasteiger partial charge in [-0.15, -0.1) is 11.3 Å². The molecule has 256 valence electrons. The van der Waals surface area contributed by atoms with Gasteiger partial charge in [-0.05, 0) is 56.3 Å². The summed E-state index contributed by atoms with van der Waals surface area (Å²) in [5.41, 5.74) is 12.9. The van der Waals surface area contributed by atoms with E-state index in [1.54, 1.807) is 0 Å². The minimum Gasteiger partial charge on any atom is -0.243 e. The van der Waals surface area contributed by atoms with Gasteiger partial charge in [0.1, 0.15) is 0 Å². The van der Waals surface area contributed by atoms with Crippen molar-refractivity contribution >= 4 is 64.1 Å². The molecule has 0 fully saturated rings. The Morgan fingerprint density at radius 2 is 0.727 bits per heavy atom. The van der Waals surface area contributed by atoms with Crippen LogP contribution in [0, 0.1) is 0 Å². The van der Waals surface area contributed by atoms with Gasteiger partial charge in [-0.25, -0.2) is 9.97 Å². The first-order valence-corrected chi connectivity index (χ1v) is 19.5. The fourth-order valence-electron chi connectivity index (χ4n) is 8.17. The van der Waals surface area contributed by atoms with Gasteiger partial charge in [-0.1, -0.05) is 182 Å². The molecule has 0 spiro atoms. The standard InChI is InChI=1S/C52H32N2S/c1-2-12-36(13-3-1)48-49(54-51-45-20-7-5-17-42(45)41-16-4-6-19-44(41)50(51)53-48)37-30-26-34(27-31-37)39-15-10-14-38(32-39)33-24-28-35(29-25-33)40-21-11-22-46-43-18-8-9-23-47(43)55-52(40)46/h1-32H. The van der Waals surface area contributed by atoms with E-state index in [0.717, 1.165) is 49.9 Å². The number of benzene rings is 9. The van der Waals surface area contributed by atoms with Crippen molar-refractivity contribution in [3.8, 4) is 55.9 Å². The number of rotatable bonds is 5. The molecule has 0 amide bonds. The van der Waals surface area contributed by atoms with Gasteiger partial charge < -0.3 is 0 Å². The maximum atomic E-state index is 5.45. The lowest BCUT2D eigenvalue weighted by molar-refractivity contribution is 1.31. The van der Waals surface area contributed by atoms with Gasteiger partial charge in [0.25, 0.3) is 0 Å². The average Bonchev–Trinajstić information content (AvgIpc) is 3.66. The van der Waals surface area contributed by atoms with Gasteiger partial charge in [0.05, 0.1) is 22.4 Å². The van der Waals surface area contributed by atoms with Crippen LogP contribution < -0.4 is 0 Å². The Bertz CT molecular complexity index is 3230. The summed E-state index contributed by atoms with van der Waals surface area (Å²) in [4.78, 5) is 10.9. The van der Waals surface area contributed by atoms with Crippen molar-refractivity contribution in [2.45, 2.75) is 0 Å². The molecule has 11 aromatic rings. The second-order valence-electron chi connectivity index (χ2n) is 14.1. The van der Waals surface area contributed by atoms with Crippen LogP contribution in [0.1, 0.15) is 0 Å². The second kappa shape index (κ2) is 12.9. The Balaban J connectivity index is 0.965. The molecule has 2 aromatic heterocycles. The molecule has 0 atom stereocenters. The van der Waals surface area contributed by atoms with E-state index in [4.69, 9.17) is 9.97 Å². The summed E-state index contributed by atoms with van der Waals surface area (Å²) >= 11 is 1.88. The van der Waals surface area contributed by atoms with Crippen molar-refractivity contribution in [1.82, 2.24) is 9.97 Å². The van der Waals surface area contributed by atoms with Crippen molar-refractivity contribution in [3.63, 3.8) is 0 Å². The van der Waals surface area contributed by atoms with E-state index < -0.39 is 0 Å². The molecule has 0 unspecified atom stereocenters. The monoisotopic (exact) mass is 716 g/mol. The quantitative estimate of drug-likeness (QED) is 0.166. The smallest absolute Gasteiger partial charge is 0.0979 e. The van der Waals surface area contributed by atoms with Crippen molar-refractivity contribution < 1.29 is 0 Å². The third-order valence-electron chi connectivity index (χ3n) is 10.9. The zero-order chi connectivity index (χ0) is 36.3. The predicted molar refractivity (Wildman–Crippen MR) is 235 cm³/mol. The SMILES string of the molecule is c1ccc(-c2nc3c4ccccc4c4ccccc4c3nc2-c2ccc(-c3cccc(-c4ccc(-c5cccc6c5sc5ccccc56)cc4)c3)cc2)cc1. The van der Waals surface area contributed by atoms with Crippen LogP contribution in [-0.4, -0.2) is 9.97 Å². The van der Waals surface area contributed by atoms with Crippen LogP contribution in [0.15, 0.2) is 194 Å². The molecule has 0 aliphatic heterocycles. The molecule has 0 aliphatic rings. The Morgan fingerprint density at radius 3 is 1.35 bits per heavy atom. The molecule has 0 bridgehead atoms. The van der Waals surface area contributed by atoms with E-state index in [1.807, 2.05) is 17.4 Å². The highest BCUT2D eigenvalue weighted by atomic mass is 32.1. The third kappa shape index (κ3) is 5.32. The van der Waals surface area contributed by atoms with Crippen molar-refractivity contribution in [3.05, 3.63) is 194 Å². The number of hydrogen-bond donors (Lipinski definition) is 0. The summed E-state index contributed by atoms with van der Waals surface area (Å²) < 4.78 is 2.67. The van der Waals surface area contributed by atoms with Gasteiger partial charge in [0, 0.05) is 42.1 Å². The van der Waals surface area contributed by atoms with Gasteiger partial charge in [0.15, 0.2) is 0 Å². The van der Waals surface area contributed by atoms with Crippen LogP contribution in [0.4, 0.5) is 0 Å². The average molecular weight is 717 g/mol. The molecule has 3 heteroatoms. The summed E-state index contributed by atoms with van der Waals surface area (Å²) in [6.07, 6.45) is 0. The highest BCUT2D eigenvalue weighted by molar-refractivity contribution is 7.26. The molecule has 0 N–H and O–H groups in total. The molecule has 0 aliphatic carbocycles. The highest BCUT2D eigenvalue weighted by Crippen LogP contribution is 2.41. The molecule has 0 saturated heterocycles. The largest absolute Gasteiger partial charge is 0.243 e. The normalized spacial score (nSPS) is 11.6. The first kappa shape index (κ1) is 31.6. The third-order valence-corrected chi connectivity index (χ3v) is 12.1. The molecule has 11 rings (SSSR count). The fraction of sp³-hybridized carbons (Fsp3) is 0. The van der Waals surface area contributed by atoms with E-state index in [2.05, 4.69) is 188 Å². The topological polar surface area (TPSA) is 25.8 Å². The van der Waals surface area contributed by atoms with Crippen molar-refractivity contribution in [2.24, 2.45) is 0 Å². The maximum absolute atomic E-state index is 5.45. The molecule has 2 heterocycles. The molecule has 0 radical (unpaired) electrons. The van der Waals surface area contributed by atoms with Crippen LogP contribution in [-0.2, 0) is 0 Å². The first-order valence-electron chi connectivity index (χ1n) is 18.7. The molecule has 2 nitrogen and oxygen atoms in total. The lowest BCUT2D eigenvalue weighted by atomic mass is 9.95. The first-order chi connectivity index (χ1) is 27.3. The summed E-state index contributed by atoms with van der Waals surface area (Å²) in [6, 6.07) is 69.5. The molecule has 9 aromatic carbocycles. The van der Waals surface area contributed by atoms with E-state index in [-0.39, 0.29) is 0 Å². The maximum Gasteiger partial charge on any atom is 0.0979 e. The number of thiophene rings is 1. The van der Waals surface area contributed by atoms with E-state index >= 15 is 0 Å². The summed E-state index contributed by atoms with van der Waals surface area (Å²) in [5, 5.41) is 7.27. The highest BCUT2D eigenvalue weighted by Gasteiger charge is 2.18. The van der Waals surface area contributed by atoms with Crippen LogP contribution in [0.25, 0.3) is 109 Å². The number of fused-ring (bicyclic) bond motifs is 9. The van der Waals surface area contributed by atoms with E-state index in [1.165, 1.54) is 58.8 Å². The fourth-order valence-corrected chi connectivity index (χ4v) is 9.41. The van der Waals surface area contributed by atoms with Crippen LogP contribution >= 0.6 is 11.3 Å². The molecular formula is C52H32N2S. The second-order valence-corrected chi connectivity index (χ2v) is 15.1. The van der Waals surface area contributed by atoms with Crippen LogP contribution in [0.5, 0.6) is 0 Å². The number of aromatic nitrogens is 2. The minimum atomic E-state index is 0.880. The number of hydrogen-bond acceptors (Lipinski definition) is 3. The van der Waals surface area contributed by atoms with Crippen molar-refractivity contribution in [2.75, 3.05) is 0 Å². The summed E-state index contributed by atoms with van der Waals surface area (Å²) in [7, 11) is 0. The Morgan fingerprint density at radius 1 is 0.291 bits per heavy atom. The van der Waals surface area contributed by atoms with Gasteiger partial charge in [-0.3, -0.25) is 0 Å². The molecule has 55 heavy (non-hydrogen) atoms. The summed E-state index contributed by atoms with van der Waals surface area (Å²) in [6.45, 7) is 0. The molecular weight excluding hydrogens is 685 g/mol.